The molecule has 0 fully saturated rings. The first-order valence-electron chi connectivity index (χ1n) is 6.75. The normalized spacial score (nSPS) is 11.3. The third-order valence-corrected chi connectivity index (χ3v) is 4.49. The van der Waals surface area contributed by atoms with Gasteiger partial charge in [0.15, 0.2) is 22.1 Å². The van der Waals surface area contributed by atoms with E-state index in [1.54, 1.807) is 18.2 Å². The van der Waals surface area contributed by atoms with Crippen LogP contribution in [0.5, 0.6) is 0 Å². The average molecular weight is 372 g/mol. The Bertz CT molecular complexity index is 834. The molecule has 0 saturated heterocycles. The minimum atomic E-state index is -0.423. The summed E-state index contributed by atoms with van der Waals surface area (Å²) in [6.07, 6.45) is 1.73. The number of rotatable bonds is 5. The summed E-state index contributed by atoms with van der Waals surface area (Å²) < 4.78 is 14.4. The lowest BCUT2D eigenvalue weighted by Gasteiger charge is -2.07. The molecule has 2 aromatic heterocycles. The zero-order valence-corrected chi connectivity index (χ0v) is 14.2. The van der Waals surface area contributed by atoms with Gasteiger partial charge >= 0.3 is 0 Å². The van der Waals surface area contributed by atoms with E-state index in [0.717, 1.165) is 4.90 Å². The van der Waals surface area contributed by atoms with E-state index >= 15 is 0 Å². The average Bonchev–Trinajstić information content (AvgIpc) is 2.83. The van der Waals surface area contributed by atoms with Crippen LogP contribution in [-0.2, 0) is 6.54 Å². The highest BCUT2D eigenvalue weighted by Crippen LogP contribution is 2.34. The largest absolute Gasteiger partial charge is 0.382 e. The number of anilines is 1. The van der Waals surface area contributed by atoms with Crippen LogP contribution in [0.25, 0.3) is 11.2 Å². The lowest BCUT2D eigenvalue weighted by Crippen LogP contribution is -2.02. The van der Waals surface area contributed by atoms with Gasteiger partial charge in [-0.15, -0.1) is 0 Å². The van der Waals surface area contributed by atoms with Gasteiger partial charge in [-0.25, -0.2) is 15.0 Å². The molecule has 2 heterocycles. The molecule has 0 saturated carbocycles. The molecular formula is C14H12Cl2FN5S. The third-order valence-electron chi connectivity index (χ3n) is 3.09. The van der Waals surface area contributed by atoms with Crippen molar-refractivity contribution in [3.8, 4) is 0 Å². The van der Waals surface area contributed by atoms with Crippen molar-refractivity contribution >= 4 is 51.9 Å². The Morgan fingerprint density at radius 1 is 1.17 bits per heavy atom. The summed E-state index contributed by atoms with van der Waals surface area (Å²) >= 11 is 13.4. The number of fused-ring (bicyclic) bond motifs is 1. The Hall–Kier alpha value is -1.57. The Balaban J connectivity index is 2.06. The van der Waals surface area contributed by atoms with E-state index < -0.39 is 6.67 Å². The van der Waals surface area contributed by atoms with Crippen molar-refractivity contribution in [3.05, 3.63) is 34.6 Å². The zero-order valence-electron chi connectivity index (χ0n) is 11.8. The van der Waals surface area contributed by atoms with Crippen LogP contribution in [0.3, 0.4) is 0 Å². The number of benzene rings is 1. The molecule has 0 aliphatic carbocycles. The fraction of sp³-hybridized carbons (Fsp3) is 0.214. The predicted molar refractivity (Wildman–Crippen MR) is 90.9 cm³/mol. The smallest absolute Gasteiger partial charge is 0.175 e. The van der Waals surface area contributed by atoms with Gasteiger partial charge in [0.2, 0.25) is 0 Å². The number of alkyl halides is 1. The Labute approximate surface area is 146 Å². The minimum Gasteiger partial charge on any atom is -0.382 e. The Morgan fingerprint density at radius 2 is 1.91 bits per heavy atom. The van der Waals surface area contributed by atoms with Crippen molar-refractivity contribution in [1.29, 1.82) is 0 Å². The monoisotopic (exact) mass is 371 g/mol. The van der Waals surface area contributed by atoms with Crippen molar-refractivity contribution in [2.75, 3.05) is 12.4 Å². The first-order chi connectivity index (χ1) is 11.1. The molecule has 0 aliphatic heterocycles. The van der Waals surface area contributed by atoms with Crippen LogP contribution in [-0.4, -0.2) is 26.2 Å². The first-order valence-corrected chi connectivity index (χ1v) is 8.32. The second-order valence-corrected chi connectivity index (χ2v) is 6.64. The second-order valence-electron chi connectivity index (χ2n) is 4.73. The SMILES string of the molecule is Nc1ncnc2c1nc(Sc1cc(Cl)cc(Cl)c1)n2CCCF. The molecule has 0 spiro atoms. The molecular weight excluding hydrogens is 360 g/mol. The van der Waals surface area contributed by atoms with Gasteiger partial charge in [0.05, 0.1) is 6.67 Å². The molecule has 0 aliphatic rings. The van der Waals surface area contributed by atoms with Crippen LogP contribution < -0.4 is 5.73 Å². The quantitative estimate of drug-likeness (QED) is 0.726. The summed E-state index contributed by atoms with van der Waals surface area (Å²) in [7, 11) is 0. The topological polar surface area (TPSA) is 69.6 Å². The Morgan fingerprint density at radius 3 is 2.61 bits per heavy atom. The molecule has 3 rings (SSSR count). The number of imidazole rings is 1. The number of aryl methyl sites for hydroxylation is 1. The van der Waals surface area contributed by atoms with Crippen LogP contribution in [0.4, 0.5) is 10.2 Å². The number of halogens is 3. The molecule has 0 radical (unpaired) electrons. The van der Waals surface area contributed by atoms with Gasteiger partial charge in [0, 0.05) is 21.5 Å². The predicted octanol–water partition coefficient (Wildman–Crippen LogP) is 4.23. The molecule has 9 heteroatoms. The van der Waals surface area contributed by atoms with E-state index in [4.69, 9.17) is 28.9 Å². The standard InChI is InChI=1S/C14H12Cl2FN5S/c15-8-4-9(16)6-10(5-8)23-14-21-11-12(18)19-7-20-13(11)22(14)3-1-2-17/h4-7H,1-3H2,(H2,18,19,20). The number of hydrogen-bond donors (Lipinski definition) is 1. The van der Waals surface area contributed by atoms with Crippen molar-refractivity contribution < 1.29 is 4.39 Å². The van der Waals surface area contributed by atoms with Crippen LogP contribution >= 0.6 is 35.0 Å². The van der Waals surface area contributed by atoms with Gasteiger partial charge in [-0.05, 0) is 24.6 Å². The van der Waals surface area contributed by atoms with Crippen molar-refractivity contribution in [2.24, 2.45) is 0 Å². The summed E-state index contributed by atoms with van der Waals surface area (Å²) in [5.74, 6) is 0.292. The van der Waals surface area contributed by atoms with Gasteiger partial charge in [-0.3, -0.25) is 4.39 Å². The van der Waals surface area contributed by atoms with E-state index in [0.29, 0.717) is 45.1 Å². The van der Waals surface area contributed by atoms with Gasteiger partial charge < -0.3 is 10.3 Å². The van der Waals surface area contributed by atoms with Crippen LogP contribution in [0.2, 0.25) is 10.0 Å². The van der Waals surface area contributed by atoms with E-state index in [1.807, 2.05) is 4.57 Å². The maximum atomic E-state index is 12.6. The van der Waals surface area contributed by atoms with E-state index in [1.165, 1.54) is 18.1 Å². The van der Waals surface area contributed by atoms with Gasteiger partial charge in [0.25, 0.3) is 0 Å². The van der Waals surface area contributed by atoms with E-state index in [9.17, 15) is 4.39 Å². The molecule has 2 N–H and O–H groups in total. The molecule has 23 heavy (non-hydrogen) atoms. The van der Waals surface area contributed by atoms with Crippen LogP contribution in [0.15, 0.2) is 34.6 Å². The molecule has 0 amide bonds. The molecule has 3 aromatic rings. The lowest BCUT2D eigenvalue weighted by atomic mass is 10.4. The summed E-state index contributed by atoms with van der Waals surface area (Å²) in [6, 6.07) is 5.22. The summed E-state index contributed by atoms with van der Waals surface area (Å²) in [6.45, 7) is 0.0213. The van der Waals surface area contributed by atoms with Gasteiger partial charge in [0.1, 0.15) is 6.33 Å². The summed E-state index contributed by atoms with van der Waals surface area (Å²) in [5, 5.41) is 1.70. The molecule has 0 unspecified atom stereocenters. The number of nitrogen functional groups attached to an aromatic ring is 1. The summed E-state index contributed by atoms with van der Waals surface area (Å²) in [4.78, 5) is 13.5. The highest BCUT2D eigenvalue weighted by Gasteiger charge is 2.16. The first kappa shape index (κ1) is 16.3. The molecule has 1 aromatic carbocycles. The number of nitrogens with zero attached hydrogens (tertiary/aromatic N) is 4. The maximum Gasteiger partial charge on any atom is 0.175 e. The molecule has 120 valence electrons. The van der Waals surface area contributed by atoms with Crippen LogP contribution in [0, 0.1) is 0 Å². The fourth-order valence-corrected chi connectivity index (χ4v) is 3.79. The Kier molecular flexibility index (Phi) is 4.89. The van der Waals surface area contributed by atoms with E-state index in [2.05, 4.69) is 15.0 Å². The van der Waals surface area contributed by atoms with Crippen LogP contribution in [0.1, 0.15) is 6.42 Å². The lowest BCUT2D eigenvalue weighted by molar-refractivity contribution is 0.441. The highest BCUT2D eigenvalue weighted by atomic mass is 35.5. The molecule has 0 bridgehead atoms. The molecule has 0 atom stereocenters. The fourth-order valence-electron chi connectivity index (χ4n) is 2.12. The number of nitrogens with two attached hydrogens (primary N) is 1. The van der Waals surface area contributed by atoms with E-state index in [-0.39, 0.29) is 0 Å². The van der Waals surface area contributed by atoms with Crippen molar-refractivity contribution in [1.82, 2.24) is 19.5 Å². The number of aromatic nitrogens is 4. The van der Waals surface area contributed by atoms with Crippen molar-refractivity contribution in [3.63, 3.8) is 0 Å². The number of hydrogen-bond acceptors (Lipinski definition) is 5. The maximum absolute atomic E-state index is 12.6. The molecule has 5 nitrogen and oxygen atoms in total. The zero-order chi connectivity index (χ0) is 16.4. The highest BCUT2D eigenvalue weighted by molar-refractivity contribution is 7.99. The third kappa shape index (κ3) is 3.52. The summed E-state index contributed by atoms with van der Waals surface area (Å²) in [5.41, 5.74) is 6.94. The van der Waals surface area contributed by atoms with Crippen molar-refractivity contribution in [2.45, 2.75) is 23.0 Å². The van der Waals surface area contributed by atoms with Gasteiger partial charge in [-0.2, -0.15) is 0 Å². The minimum absolute atomic E-state index is 0.292. The second kappa shape index (κ2) is 6.90. The van der Waals surface area contributed by atoms with Gasteiger partial charge in [-0.1, -0.05) is 35.0 Å².